The van der Waals surface area contributed by atoms with Gasteiger partial charge in [-0.1, -0.05) is 46.3 Å². The molecule has 0 atom stereocenters. The van der Waals surface area contributed by atoms with E-state index in [-0.39, 0.29) is 18.0 Å². The van der Waals surface area contributed by atoms with Gasteiger partial charge in [0.2, 0.25) is 10.0 Å². The quantitative estimate of drug-likeness (QED) is 0.852. The van der Waals surface area contributed by atoms with E-state index >= 15 is 0 Å². The Morgan fingerprint density at radius 2 is 1.62 bits per heavy atom. The number of hydrogen-bond acceptors (Lipinski definition) is 3. The molecule has 0 radical (unpaired) electrons. The Kier molecular flexibility index (Phi) is 5.52. The molecule has 6 heteroatoms. The third-order valence-electron chi connectivity index (χ3n) is 3.03. The second-order valence-electron chi connectivity index (χ2n) is 4.57. The van der Waals surface area contributed by atoms with Crippen molar-refractivity contribution >= 4 is 26.0 Å². The van der Waals surface area contributed by atoms with Gasteiger partial charge in [0.05, 0.1) is 4.90 Å². The van der Waals surface area contributed by atoms with Crippen molar-refractivity contribution in [2.24, 2.45) is 5.73 Å². The second-order valence-corrected chi connectivity index (χ2v) is 7.42. The predicted octanol–water partition coefficient (Wildman–Crippen LogP) is 2.60. The molecular weight excluding hydrogens is 352 g/mol. The molecule has 0 aliphatic rings. The van der Waals surface area contributed by atoms with Crippen LogP contribution in [0.4, 0.5) is 0 Å². The van der Waals surface area contributed by atoms with Crippen LogP contribution in [0.5, 0.6) is 0 Å². The van der Waals surface area contributed by atoms with E-state index in [0.29, 0.717) is 6.54 Å². The summed E-state index contributed by atoms with van der Waals surface area (Å²) in [5.41, 5.74) is 6.51. The zero-order valence-corrected chi connectivity index (χ0v) is 13.8. The molecule has 0 heterocycles. The van der Waals surface area contributed by atoms with Gasteiger partial charge in [-0.15, -0.1) is 0 Å². The van der Waals surface area contributed by atoms with Crippen molar-refractivity contribution in [2.75, 3.05) is 13.1 Å². The van der Waals surface area contributed by atoms with Crippen LogP contribution in [0.1, 0.15) is 5.56 Å². The van der Waals surface area contributed by atoms with E-state index in [2.05, 4.69) is 15.9 Å². The molecule has 0 aromatic heterocycles. The zero-order valence-electron chi connectivity index (χ0n) is 11.4. The van der Waals surface area contributed by atoms with E-state index in [1.165, 1.54) is 4.31 Å². The van der Waals surface area contributed by atoms with Gasteiger partial charge in [-0.3, -0.25) is 0 Å². The number of sulfonamides is 1. The minimum atomic E-state index is -3.55. The molecule has 0 fully saturated rings. The number of nitrogens with zero attached hydrogens (tertiary/aromatic N) is 1. The monoisotopic (exact) mass is 368 g/mol. The maximum Gasteiger partial charge on any atom is 0.243 e. The molecule has 2 aromatic carbocycles. The third-order valence-corrected chi connectivity index (χ3v) is 5.42. The molecule has 0 spiro atoms. The maximum absolute atomic E-state index is 12.7. The first-order valence-corrected chi connectivity index (χ1v) is 8.77. The van der Waals surface area contributed by atoms with Crippen LogP contribution in [0.15, 0.2) is 64.0 Å². The largest absolute Gasteiger partial charge is 0.329 e. The summed E-state index contributed by atoms with van der Waals surface area (Å²) in [7, 11) is -3.55. The van der Waals surface area contributed by atoms with Gasteiger partial charge in [-0.25, -0.2) is 8.42 Å². The molecule has 0 amide bonds. The Balaban J connectivity index is 2.30. The summed E-state index contributed by atoms with van der Waals surface area (Å²) in [4.78, 5) is 0.273. The van der Waals surface area contributed by atoms with Gasteiger partial charge >= 0.3 is 0 Å². The normalized spacial score (nSPS) is 11.8. The summed E-state index contributed by atoms with van der Waals surface area (Å²) in [6.45, 7) is 0.881. The Labute approximate surface area is 133 Å². The van der Waals surface area contributed by atoms with E-state index in [9.17, 15) is 8.42 Å². The first-order chi connectivity index (χ1) is 10.0. The van der Waals surface area contributed by atoms with Crippen LogP contribution < -0.4 is 5.73 Å². The lowest BCUT2D eigenvalue weighted by Gasteiger charge is -2.21. The van der Waals surface area contributed by atoms with Crippen LogP contribution >= 0.6 is 15.9 Å². The summed E-state index contributed by atoms with van der Waals surface area (Å²) in [6.07, 6.45) is 0. The maximum atomic E-state index is 12.7. The van der Waals surface area contributed by atoms with Crippen molar-refractivity contribution in [3.63, 3.8) is 0 Å². The molecule has 112 valence electrons. The van der Waals surface area contributed by atoms with Crippen LogP contribution in [0.2, 0.25) is 0 Å². The molecule has 2 N–H and O–H groups in total. The number of benzene rings is 2. The van der Waals surface area contributed by atoms with E-state index < -0.39 is 10.0 Å². The van der Waals surface area contributed by atoms with Crippen molar-refractivity contribution in [3.8, 4) is 0 Å². The van der Waals surface area contributed by atoms with E-state index in [1.54, 1.807) is 24.3 Å². The number of halogens is 1. The van der Waals surface area contributed by atoms with Gasteiger partial charge in [0, 0.05) is 24.1 Å². The lowest BCUT2D eigenvalue weighted by molar-refractivity contribution is 0.414. The first kappa shape index (κ1) is 16.2. The molecule has 0 aliphatic carbocycles. The summed E-state index contributed by atoms with van der Waals surface area (Å²) < 4.78 is 27.6. The molecule has 0 unspecified atom stereocenters. The Hall–Kier alpha value is -1.21. The van der Waals surface area contributed by atoms with Crippen molar-refractivity contribution in [2.45, 2.75) is 11.4 Å². The minimum absolute atomic E-state index is 0.273. The van der Waals surface area contributed by atoms with Crippen LogP contribution in [-0.4, -0.2) is 25.8 Å². The van der Waals surface area contributed by atoms with Gasteiger partial charge < -0.3 is 5.73 Å². The number of hydrogen-bond donors (Lipinski definition) is 1. The van der Waals surface area contributed by atoms with Crippen molar-refractivity contribution in [1.29, 1.82) is 0 Å². The molecule has 0 saturated carbocycles. The SMILES string of the molecule is NCCN(Cc1ccccc1)S(=O)(=O)c1ccc(Br)cc1. The smallest absolute Gasteiger partial charge is 0.243 e. The average Bonchev–Trinajstić information content (AvgIpc) is 2.48. The molecule has 4 nitrogen and oxygen atoms in total. The standard InChI is InChI=1S/C15H17BrN2O2S/c16-14-6-8-15(9-7-14)21(19,20)18(11-10-17)12-13-4-2-1-3-5-13/h1-9H,10-12,17H2. The highest BCUT2D eigenvalue weighted by Gasteiger charge is 2.23. The Morgan fingerprint density at radius 3 is 2.19 bits per heavy atom. The van der Waals surface area contributed by atoms with Gasteiger partial charge in [-0.05, 0) is 29.8 Å². The second kappa shape index (κ2) is 7.17. The number of rotatable bonds is 6. The highest BCUT2D eigenvalue weighted by atomic mass is 79.9. The van der Waals surface area contributed by atoms with Crippen LogP contribution in [0.25, 0.3) is 0 Å². The van der Waals surface area contributed by atoms with E-state index in [4.69, 9.17) is 5.73 Å². The lowest BCUT2D eigenvalue weighted by Crippen LogP contribution is -2.34. The fourth-order valence-corrected chi connectivity index (χ4v) is 3.68. The predicted molar refractivity (Wildman–Crippen MR) is 87.2 cm³/mol. The first-order valence-electron chi connectivity index (χ1n) is 6.54. The molecule has 0 saturated heterocycles. The topological polar surface area (TPSA) is 63.4 Å². The third kappa shape index (κ3) is 4.14. The minimum Gasteiger partial charge on any atom is -0.329 e. The summed E-state index contributed by atoms with van der Waals surface area (Å²) in [5.74, 6) is 0. The zero-order chi connectivity index (χ0) is 15.3. The van der Waals surface area contributed by atoms with Crippen molar-refractivity contribution in [1.82, 2.24) is 4.31 Å². The van der Waals surface area contributed by atoms with E-state index in [1.807, 2.05) is 30.3 Å². The fraction of sp³-hybridized carbons (Fsp3) is 0.200. The van der Waals surface area contributed by atoms with Gasteiger partial charge in [0.25, 0.3) is 0 Å². The highest BCUT2D eigenvalue weighted by Crippen LogP contribution is 2.20. The Bertz CT molecular complexity index is 673. The molecule has 21 heavy (non-hydrogen) atoms. The van der Waals surface area contributed by atoms with Gasteiger partial charge in [-0.2, -0.15) is 4.31 Å². The van der Waals surface area contributed by atoms with E-state index in [0.717, 1.165) is 10.0 Å². The Morgan fingerprint density at radius 1 is 1.00 bits per heavy atom. The molecule has 2 aromatic rings. The van der Waals surface area contributed by atoms with Gasteiger partial charge in [0.1, 0.15) is 0 Å². The average molecular weight is 369 g/mol. The van der Waals surface area contributed by atoms with Crippen molar-refractivity contribution < 1.29 is 8.42 Å². The molecule has 0 aliphatic heterocycles. The van der Waals surface area contributed by atoms with Crippen LogP contribution in [0, 0.1) is 0 Å². The summed E-state index contributed by atoms with van der Waals surface area (Å²) in [6, 6.07) is 16.1. The highest BCUT2D eigenvalue weighted by molar-refractivity contribution is 9.10. The molecular formula is C15H17BrN2O2S. The summed E-state index contributed by atoms with van der Waals surface area (Å²) >= 11 is 3.31. The lowest BCUT2D eigenvalue weighted by atomic mass is 10.2. The molecule has 2 rings (SSSR count). The number of nitrogens with two attached hydrogens (primary N) is 1. The van der Waals surface area contributed by atoms with Crippen LogP contribution in [-0.2, 0) is 16.6 Å². The van der Waals surface area contributed by atoms with Crippen LogP contribution in [0.3, 0.4) is 0 Å². The van der Waals surface area contributed by atoms with Crippen molar-refractivity contribution in [3.05, 3.63) is 64.6 Å². The van der Waals surface area contributed by atoms with Gasteiger partial charge in [0.15, 0.2) is 0 Å². The molecule has 0 bridgehead atoms. The fourth-order valence-electron chi connectivity index (χ4n) is 1.97. The summed E-state index contributed by atoms with van der Waals surface area (Å²) in [5, 5.41) is 0.